The second-order valence-corrected chi connectivity index (χ2v) is 4.89. The fraction of sp³-hybridized carbons (Fsp3) is 0.0769. The van der Waals surface area contributed by atoms with E-state index >= 15 is 0 Å². The van der Waals surface area contributed by atoms with E-state index in [2.05, 4.69) is 0 Å². The molecule has 2 aromatic carbocycles. The van der Waals surface area contributed by atoms with Gasteiger partial charge in [0.2, 0.25) is 0 Å². The highest BCUT2D eigenvalue weighted by Gasteiger charge is 2.15. The van der Waals surface area contributed by atoms with Gasteiger partial charge < -0.3 is 0 Å². The Kier molecular flexibility index (Phi) is 3.62. The maximum Gasteiger partial charge on any atom is 0.131 e. The number of rotatable bonds is 1. The Labute approximate surface area is 114 Å². The van der Waals surface area contributed by atoms with Gasteiger partial charge in [-0.1, -0.05) is 46.9 Å². The van der Waals surface area contributed by atoms with Crippen molar-refractivity contribution in [2.45, 2.75) is 6.92 Å². The van der Waals surface area contributed by atoms with Crippen molar-refractivity contribution in [3.05, 3.63) is 56.8 Å². The van der Waals surface area contributed by atoms with Gasteiger partial charge in [-0.05, 0) is 30.7 Å². The Morgan fingerprint density at radius 1 is 0.941 bits per heavy atom. The highest BCUT2D eigenvalue weighted by atomic mass is 35.5. The molecule has 0 N–H and O–H groups in total. The number of hydrogen-bond acceptors (Lipinski definition) is 0. The number of aryl methyl sites for hydroxylation is 1. The van der Waals surface area contributed by atoms with Crippen LogP contribution >= 0.6 is 34.8 Å². The molecule has 0 aromatic heterocycles. The minimum atomic E-state index is -0.365. The zero-order chi connectivity index (χ0) is 12.6. The lowest BCUT2D eigenvalue weighted by molar-refractivity contribution is 0.630. The molecule has 0 saturated heterocycles. The second-order valence-electron chi connectivity index (χ2n) is 3.70. The van der Waals surface area contributed by atoms with E-state index in [4.69, 9.17) is 34.8 Å². The minimum absolute atomic E-state index is 0.266. The molecule has 4 heteroatoms. The molecule has 0 aliphatic heterocycles. The monoisotopic (exact) mass is 288 g/mol. The lowest BCUT2D eigenvalue weighted by Crippen LogP contribution is -1.88. The molecule has 0 amide bonds. The van der Waals surface area contributed by atoms with E-state index in [9.17, 15) is 4.39 Å². The third-order valence-corrected chi connectivity index (χ3v) is 3.56. The molecule has 88 valence electrons. The Morgan fingerprint density at radius 2 is 1.59 bits per heavy atom. The molecule has 0 bridgehead atoms. The van der Waals surface area contributed by atoms with Crippen molar-refractivity contribution in [3.63, 3.8) is 0 Å². The standard InChI is InChI=1S/C13H8Cl3F/c1-7-2-3-8(11(17)6-7)12-9(14)4-5-10(15)13(12)16/h2-6H,1H3. The van der Waals surface area contributed by atoms with Gasteiger partial charge in [-0.3, -0.25) is 0 Å². The quantitative estimate of drug-likeness (QED) is 0.585. The summed E-state index contributed by atoms with van der Waals surface area (Å²) in [5.41, 5.74) is 1.62. The number of halogens is 4. The highest BCUT2D eigenvalue weighted by molar-refractivity contribution is 6.46. The molecule has 2 aromatic rings. The summed E-state index contributed by atoms with van der Waals surface area (Å²) >= 11 is 18.0. The molecule has 17 heavy (non-hydrogen) atoms. The first-order valence-electron chi connectivity index (χ1n) is 4.90. The van der Waals surface area contributed by atoms with Crippen LogP contribution in [-0.4, -0.2) is 0 Å². The van der Waals surface area contributed by atoms with Crippen molar-refractivity contribution in [1.82, 2.24) is 0 Å². The molecular weight excluding hydrogens is 282 g/mol. The van der Waals surface area contributed by atoms with E-state index in [0.717, 1.165) is 5.56 Å². The van der Waals surface area contributed by atoms with Gasteiger partial charge in [0, 0.05) is 11.1 Å². The first-order valence-corrected chi connectivity index (χ1v) is 6.04. The predicted octanol–water partition coefficient (Wildman–Crippen LogP) is 5.76. The second kappa shape index (κ2) is 4.85. The lowest BCUT2D eigenvalue weighted by Gasteiger charge is -2.10. The van der Waals surface area contributed by atoms with Gasteiger partial charge in [0.05, 0.1) is 15.1 Å². The summed E-state index contributed by atoms with van der Waals surface area (Å²) in [6.07, 6.45) is 0. The number of hydrogen-bond donors (Lipinski definition) is 0. The molecule has 0 saturated carbocycles. The van der Waals surface area contributed by atoms with Gasteiger partial charge in [0.1, 0.15) is 5.82 Å². The van der Waals surface area contributed by atoms with E-state index in [0.29, 0.717) is 21.2 Å². The van der Waals surface area contributed by atoms with Crippen molar-refractivity contribution >= 4 is 34.8 Å². The molecule has 0 heterocycles. The van der Waals surface area contributed by atoms with Crippen LogP contribution in [0.25, 0.3) is 11.1 Å². The zero-order valence-electron chi connectivity index (χ0n) is 8.90. The minimum Gasteiger partial charge on any atom is -0.206 e. The van der Waals surface area contributed by atoms with Crippen LogP contribution in [0.3, 0.4) is 0 Å². The predicted molar refractivity (Wildman–Crippen MR) is 71.6 cm³/mol. The van der Waals surface area contributed by atoms with E-state index in [-0.39, 0.29) is 10.8 Å². The zero-order valence-corrected chi connectivity index (χ0v) is 11.2. The van der Waals surface area contributed by atoms with Gasteiger partial charge in [-0.25, -0.2) is 4.39 Å². The van der Waals surface area contributed by atoms with Crippen LogP contribution in [0, 0.1) is 12.7 Å². The summed E-state index contributed by atoms with van der Waals surface area (Å²) in [5.74, 6) is -0.365. The molecule has 0 atom stereocenters. The van der Waals surface area contributed by atoms with Crippen LogP contribution in [0.1, 0.15) is 5.56 Å². The third-order valence-electron chi connectivity index (χ3n) is 2.44. The Bertz CT molecular complexity index is 579. The molecular formula is C13H8Cl3F. The lowest BCUT2D eigenvalue weighted by atomic mass is 10.0. The van der Waals surface area contributed by atoms with Crippen LogP contribution < -0.4 is 0 Å². The van der Waals surface area contributed by atoms with Crippen LogP contribution in [0.15, 0.2) is 30.3 Å². The van der Waals surface area contributed by atoms with Crippen LogP contribution in [0.5, 0.6) is 0 Å². The number of benzene rings is 2. The first-order chi connectivity index (χ1) is 8.00. The molecule has 0 radical (unpaired) electrons. The molecule has 0 spiro atoms. The summed E-state index contributed by atoms with van der Waals surface area (Å²) < 4.78 is 13.9. The van der Waals surface area contributed by atoms with Gasteiger partial charge in [0.15, 0.2) is 0 Å². The Hall–Kier alpha value is -0.760. The summed E-state index contributed by atoms with van der Waals surface area (Å²) in [5, 5.41) is 0.995. The largest absolute Gasteiger partial charge is 0.206 e. The fourth-order valence-electron chi connectivity index (χ4n) is 1.60. The van der Waals surface area contributed by atoms with Gasteiger partial charge >= 0.3 is 0 Å². The topological polar surface area (TPSA) is 0 Å². The molecule has 2 rings (SSSR count). The SMILES string of the molecule is Cc1ccc(-c2c(Cl)ccc(Cl)c2Cl)c(F)c1. The molecule has 0 unspecified atom stereocenters. The third kappa shape index (κ3) is 2.42. The Balaban J connectivity index is 2.72. The first kappa shape index (κ1) is 12.7. The maximum absolute atomic E-state index is 13.9. The summed E-state index contributed by atoms with van der Waals surface area (Å²) in [4.78, 5) is 0. The average molecular weight is 290 g/mol. The summed E-state index contributed by atoms with van der Waals surface area (Å²) in [6, 6.07) is 8.06. The maximum atomic E-state index is 13.9. The summed E-state index contributed by atoms with van der Waals surface area (Å²) in [7, 11) is 0. The highest BCUT2D eigenvalue weighted by Crippen LogP contribution is 2.40. The molecule has 0 aliphatic rings. The van der Waals surface area contributed by atoms with Crippen molar-refractivity contribution < 1.29 is 4.39 Å². The van der Waals surface area contributed by atoms with Crippen molar-refractivity contribution in [2.75, 3.05) is 0 Å². The van der Waals surface area contributed by atoms with Crippen LogP contribution in [0.4, 0.5) is 4.39 Å². The Morgan fingerprint density at radius 3 is 2.24 bits per heavy atom. The van der Waals surface area contributed by atoms with E-state index < -0.39 is 0 Å². The molecule has 0 aliphatic carbocycles. The van der Waals surface area contributed by atoms with E-state index in [1.54, 1.807) is 24.3 Å². The smallest absolute Gasteiger partial charge is 0.131 e. The molecule has 0 fully saturated rings. The van der Waals surface area contributed by atoms with Gasteiger partial charge in [0.25, 0.3) is 0 Å². The van der Waals surface area contributed by atoms with Crippen LogP contribution in [0.2, 0.25) is 15.1 Å². The van der Waals surface area contributed by atoms with Gasteiger partial charge in [-0.15, -0.1) is 0 Å². The van der Waals surface area contributed by atoms with Crippen molar-refractivity contribution in [1.29, 1.82) is 0 Å². The fourth-order valence-corrected chi connectivity index (χ4v) is 2.33. The average Bonchev–Trinajstić information content (AvgIpc) is 2.27. The van der Waals surface area contributed by atoms with E-state index in [1.807, 2.05) is 6.92 Å². The van der Waals surface area contributed by atoms with Crippen LogP contribution in [-0.2, 0) is 0 Å². The van der Waals surface area contributed by atoms with Gasteiger partial charge in [-0.2, -0.15) is 0 Å². The molecule has 0 nitrogen and oxygen atoms in total. The van der Waals surface area contributed by atoms with E-state index in [1.165, 1.54) is 6.07 Å². The van der Waals surface area contributed by atoms with Crippen molar-refractivity contribution in [3.8, 4) is 11.1 Å². The summed E-state index contributed by atoms with van der Waals surface area (Å²) in [6.45, 7) is 1.81. The normalized spacial score (nSPS) is 10.6. The van der Waals surface area contributed by atoms with Crippen molar-refractivity contribution in [2.24, 2.45) is 0 Å².